The second-order valence-electron chi connectivity index (χ2n) is 6.32. The molecule has 0 aromatic carbocycles. The maximum atomic E-state index is 11.7. The number of rotatable bonds is 6. The standard InChI is InChI=1S/C15H30N2O2/c1-6-16-15(14(18)19)9-7-8-13(10-15)17(5)12(4)11(2)3/h11-13,16H,6-10H2,1-5H3,(H,18,19). The molecule has 0 aliphatic heterocycles. The molecule has 0 heterocycles. The molecule has 2 N–H and O–H groups in total. The molecular formula is C15H30N2O2. The van der Waals surface area contributed by atoms with Gasteiger partial charge in [-0.25, -0.2) is 0 Å². The molecule has 1 rings (SSSR count). The van der Waals surface area contributed by atoms with Gasteiger partial charge in [0.25, 0.3) is 0 Å². The van der Waals surface area contributed by atoms with Crippen molar-refractivity contribution in [3.63, 3.8) is 0 Å². The highest BCUT2D eigenvalue weighted by atomic mass is 16.4. The van der Waals surface area contributed by atoms with Crippen LogP contribution in [0.15, 0.2) is 0 Å². The number of hydrogen-bond acceptors (Lipinski definition) is 3. The first-order valence-corrected chi connectivity index (χ1v) is 7.54. The largest absolute Gasteiger partial charge is 0.480 e. The van der Waals surface area contributed by atoms with Crippen LogP contribution in [0.2, 0.25) is 0 Å². The Hall–Kier alpha value is -0.610. The van der Waals surface area contributed by atoms with E-state index < -0.39 is 11.5 Å². The maximum absolute atomic E-state index is 11.7. The summed E-state index contributed by atoms with van der Waals surface area (Å²) in [5.41, 5.74) is -0.720. The fourth-order valence-corrected chi connectivity index (χ4v) is 3.17. The third-order valence-corrected chi connectivity index (χ3v) is 4.83. The molecule has 1 fully saturated rings. The van der Waals surface area contributed by atoms with Crippen LogP contribution in [0.3, 0.4) is 0 Å². The first-order valence-electron chi connectivity index (χ1n) is 7.54. The first kappa shape index (κ1) is 16.4. The van der Waals surface area contributed by atoms with E-state index in [-0.39, 0.29) is 0 Å². The SMILES string of the molecule is CCNC1(C(=O)O)CCCC(N(C)C(C)C(C)C)C1. The van der Waals surface area contributed by atoms with E-state index in [4.69, 9.17) is 0 Å². The van der Waals surface area contributed by atoms with Gasteiger partial charge in [0.2, 0.25) is 0 Å². The first-order chi connectivity index (χ1) is 8.84. The summed E-state index contributed by atoms with van der Waals surface area (Å²) in [6.07, 6.45) is 3.55. The molecule has 1 saturated carbocycles. The zero-order valence-corrected chi connectivity index (χ0v) is 13.1. The number of carboxylic acids is 1. The summed E-state index contributed by atoms with van der Waals surface area (Å²) in [6.45, 7) is 9.36. The van der Waals surface area contributed by atoms with E-state index in [1.165, 1.54) is 0 Å². The Morgan fingerprint density at radius 3 is 2.58 bits per heavy atom. The van der Waals surface area contributed by atoms with Gasteiger partial charge in [-0.1, -0.05) is 20.8 Å². The Morgan fingerprint density at radius 2 is 2.11 bits per heavy atom. The summed E-state index contributed by atoms with van der Waals surface area (Å²) in [5.74, 6) is -0.102. The molecular weight excluding hydrogens is 240 g/mol. The van der Waals surface area contributed by atoms with Crippen molar-refractivity contribution in [2.24, 2.45) is 5.92 Å². The van der Waals surface area contributed by atoms with E-state index in [0.29, 0.717) is 31.0 Å². The van der Waals surface area contributed by atoms with E-state index in [2.05, 4.69) is 38.0 Å². The van der Waals surface area contributed by atoms with Crippen LogP contribution >= 0.6 is 0 Å². The predicted molar refractivity (Wildman–Crippen MR) is 78.4 cm³/mol. The van der Waals surface area contributed by atoms with Crippen molar-refractivity contribution in [1.82, 2.24) is 10.2 Å². The monoisotopic (exact) mass is 270 g/mol. The van der Waals surface area contributed by atoms with Crippen LogP contribution in [-0.4, -0.2) is 47.2 Å². The quantitative estimate of drug-likeness (QED) is 0.778. The van der Waals surface area contributed by atoms with Crippen LogP contribution in [-0.2, 0) is 4.79 Å². The van der Waals surface area contributed by atoms with E-state index in [0.717, 1.165) is 19.3 Å². The minimum Gasteiger partial charge on any atom is -0.480 e. The van der Waals surface area contributed by atoms with Gasteiger partial charge in [0.05, 0.1) is 0 Å². The van der Waals surface area contributed by atoms with Gasteiger partial charge < -0.3 is 15.3 Å². The van der Waals surface area contributed by atoms with E-state index in [9.17, 15) is 9.90 Å². The van der Waals surface area contributed by atoms with E-state index in [1.54, 1.807) is 0 Å². The number of nitrogens with zero attached hydrogens (tertiary/aromatic N) is 1. The van der Waals surface area contributed by atoms with Crippen molar-refractivity contribution in [1.29, 1.82) is 0 Å². The summed E-state index contributed by atoms with van der Waals surface area (Å²) in [5, 5.41) is 12.8. The lowest BCUT2D eigenvalue weighted by Gasteiger charge is -2.44. The molecule has 19 heavy (non-hydrogen) atoms. The summed E-state index contributed by atoms with van der Waals surface area (Å²) in [7, 11) is 2.14. The van der Waals surface area contributed by atoms with Crippen molar-refractivity contribution >= 4 is 5.97 Å². The second-order valence-corrected chi connectivity index (χ2v) is 6.32. The van der Waals surface area contributed by atoms with Gasteiger partial charge in [-0.15, -0.1) is 0 Å². The lowest BCUT2D eigenvalue weighted by Crippen LogP contribution is -2.59. The number of carboxylic acid groups (broad SMARTS) is 1. The zero-order valence-electron chi connectivity index (χ0n) is 13.1. The van der Waals surface area contributed by atoms with Crippen molar-refractivity contribution < 1.29 is 9.90 Å². The molecule has 0 saturated heterocycles. The zero-order chi connectivity index (χ0) is 14.6. The Labute approximate surface area is 117 Å². The van der Waals surface area contributed by atoms with Crippen LogP contribution in [0.25, 0.3) is 0 Å². The van der Waals surface area contributed by atoms with Crippen molar-refractivity contribution in [2.45, 2.75) is 71.0 Å². The molecule has 112 valence electrons. The van der Waals surface area contributed by atoms with Gasteiger partial charge in [-0.2, -0.15) is 0 Å². The number of aliphatic carboxylic acids is 1. The molecule has 1 aliphatic carbocycles. The Balaban J connectivity index is 2.80. The van der Waals surface area contributed by atoms with Crippen LogP contribution < -0.4 is 5.32 Å². The average molecular weight is 270 g/mol. The van der Waals surface area contributed by atoms with Gasteiger partial charge in [-0.3, -0.25) is 4.79 Å². The third kappa shape index (κ3) is 3.69. The lowest BCUT2D eigenvalue weighted by atomic mass is 9.78. The molecule has 0 bridgehead atoms. The highest BCUT2D eigenvalue weighted by Crippen LogP contribution is 2.32. The van der Waals surface area contributed by atoms with Crippen LogP contribution in [0.4, 0.5) is 0 Å². The van der Waals surface area contributed by atoms with E-state index >= 15 is 0 Å². The summed E-state index contributed by atoms with van der Waals surface area (Å²) in [6, 6.07) is 0.845. The van der Waals surface area contributed by atoms with Gasteiger partial charge in [-0.05, 0) is 52.1 Å². The van der Waals surface area contributed by atoms with Crippen LogP contribution in [0.5, 0.6) is 0 Å². The smallest absolute Gasteiger partial charge is 0.323 e. The van der Waals surface area contributed by atoms with Gasteiger partial charge in [0, 0.05) is 12.1 Å². The molecule has 3 atom stereocenters. The van der Waals surface area contributed by atoms with Gasteiger partial charge >= 0.3 is 5.97 Å². The molecule has 4 heteroatoms. The minimum absolute atomic E-state index is 0.362. The predicted octanol–water partition coefficient (Wildman–Crippen LogP) is 2.34. The Morgan fingerprint density at radius 1 is 1.47 bits per heavy atom. The Kier molecular flexibility index (Phi) is 5.81. The number of nitrogens with one attached hydrogen (secondary N) is 1. The maximum Gasteiger partial charge on any atom is 0.323 e. The van der Waals surface area contributed by atoms with Gasteiger partial charge in [0.1, 0.15) is 5.54 Å². The molecule has 0 amide bonds. The van der Waals surface area contributed by atoms with Crippen molar-refractivity contribution in [3.8, 4) is 0 Å². The lowest BCUT2D eigenvalue weighted by molar-refractivity contribution is -0.147. The molecule has 0 radical (unpaired) electrons. The number of hydrogen-bond donors (Lipinski definition) is 2. The van der Waals surface area contributed by atoms with Crippen molar-refractivity contribution in [3.05, 3.63) is 0 Å². The molecule has 4 nitrogen and oxygen atoms in total. The second kappa shape index (κ2) is 6.71. The summed E-state index contributed by atoms with van der Waals surface area (Å²) >= 11 is 0. The minimum atomic E-state index is -0.720. The molecule has 0 spiro atoms. The van der Waals surface area contributed by atoms with E-state index in [1.807, 2.05) is 6.92 Å². The molecule has 0 aromatic rings. The highest BCUT2D eigenvalue weighted by Gasteiger charge is 2.43. The molecule has 1 aliphatic rings. The summed E-state index contributed by atoms with van der Waals surface area (Å²) < 4.78 is 0. The number of carbonyl (C=O) groups is 1. The number of likely N-dealkylation sites (N-methyl/N-ethyl adjacent to an activating group) is 1. The summed E-state index contributed by atoms with van der Waals surface area (Å²) in [4.78, 5) is 14.0. The third-order valence-electron chi connectivity index (χ3n) is 4.83. The van der Waals surface area contributed by atoms with Crippen molar-refractivity contribution in [2.75, 3.05) is 13.6 Å². The molecule has 0 aromatic heterocycles. The topological polar surface area (TPSA) is 52.6 Å². The molecule has 3 unspecified atom stereocenters. The fraction of sp³-hybridized carbons (Fsp3) is 0.933. The fourth-order valence-electron chi connectivity index (χ4n) is 3.17. The highest BCUT2D eigenvalue weighted by molar-refractivity contribution is 5.79. The Bertz CT molecular complexity index is 303. The van der Waals surface area contributed by atoms with Crippen LogP contribution in [0, 0.1) is 5.92 Å². The average Bonchev–Trinajstić information content (AvgIpc) is 2.37. The normalized spacial score (nSPS) is 29.7. The van der Waals surface area contributed by atoms with Crippen LogP contribution in [0.1, 0.15) is 53.4 Å². The van der Waals surface area contributed by atoms with Gasteiger partial charge in [0.15, 0.2) is 0 Å².